The van der Waals surface area contributed by atoms with Gasteiger partial charge in [0.15, 0.2) is 6.10 Å². The molecule has 0 aliphatic heterocycles. The third kappa shape index (κ3) is 4.50. The highest BCUT2D eigenvalue weighted by atomic mass is 35.5. The molecule has 0 unspecified atom stereocenters. The van der Waals surface area contributed by atoms with E-state index in [9.17, 15) is 9.59 Å². The zero-order chi connectivity index (χ0) is 20.3. The summed E-state index contributed by atoms with van der Waals surface area (Å²) in [6.45, 7) is 5.63. The lowest BCUT2D eigenvalue weighted by Crippen LogP contribution is -2.30. The van der Waals surface area contributed by atoms with E-state index < -0.39 is 6.10 Å². The largest absolute Gasteiger partial charge is 0.481 e. The number of ether oxygens (including phenoxy) is 2. The monoisotopic (exact) mass is 421 g/mol. The molecule has 0 spiro atoms. The predicted molar refractivity (Wildman–Crippen MR) is 112 cm³/mol. The van der Waals surface area contributed by atoms with Crippen molar-refractivity contribution in [1.29, 1.82) is 0 Å². The summed E-state index contributed by atoms with van der Waals surface area (Å²) < 4.78 is 11.0. The molecule has 0 fully saturated rings. The third-order valence-corrected chi connectivity index (χ3v) is 6.33. The van der Waals surface area contributed by atoms with Crippen LogP contribution in [0.1, 0.15) is 53.1 Å². The minimum absolute atomic E-state index is 0.298. The maximum Gasteiger partial charge on any atom is 0.341 e. The standard InChI is InChI=1S/C21H24ClNO4S/c1-4-26-21(25)18-15-7-5-6-8-17(15)28-20(18)23-19(24)13(3)27-14-9-10-16(22)12(2)11-14/h9-11,13H,4-8H2,1-3H3,(H,23,24)/t13-/m1/s1. The van der Waals surface area contributed by atoms with E-state index in [4.69, 9.17) is 21.1 Å². The van der Waals surface area contributed by atoms with Gasteiger partial charge >= 0.3 is 5.97 Å². The van der Waals surface area contributed by atoms with Gasteiger partial charge in [-0.3, -0.25) is 4.79 Å². The summed E-state index contributed by atoms with van der Waals surface area (Å²) >= 11 is 7.50. The Balaban J connectivity index is 1.78. The molecule has 0 bridgehead atoms. The van der Waals surface area contributed by atoms with Crippen molar-refractivity contribution >= 4 is 39.8 Å². The van der Waals surface area contributed by atoms with E-state index in [1.165, 1.54) is 11.3 Å². The van der Waals surface area contributed by atoms with Crippen molar-refractivity contribution in [3.05, 3.63) is 44.8 Å². The average Bonchev–Trinajstić information content (AvgIpc) is 3.02. The molecule has 1 aliphatic rings. The lowest BCUT2D eigenvalue weighted by molar-refractivity contribution is -0.122. The Morgan fingerprint density at radius 1 is 1.29 bits per heavy atom. The normalized spacial score (nSPS) is 14.1. The average molecular weight is 422 g/mol. The minimum Gasteiger partial charge on any atom is -0.481 e. The number of carbonyl (C=O) groups excluding carboxylic acids is 2. The molecule has 1 aliphatic carbocycles. The highest BCUT2D eigenvalue weighted by molar-refractivity contribution is 7.17. The number of thiophene rings is 1. The molecule has 0 radical (unpaired) electrons. The molecule has 1 N–H and O–H groups in total. The first-order valence-corrected chi connectivity index (χ1v) is 10.7. The van der Waals surface area contributed by atoms with E-state index in [1.807, 2.05) is 6.92 Å². The smallest absolute Gasteiger partial charge is 0.341 e. The molecular formula is C21H24ClNO4S. The van der Waals surface area contributed by atoms with Gasteiger partial charge in [-0.15, -0.1) is 11.3 Å². The van der Waals surface area contributed by atoms with Gasteiger partial charge in [0.25, 0.3) is 5.91 Å². The fourth-order valence-corrected chi connectivity index (χ4v) is 4.63. The summed E-state index contributed by atoms with van der Waals surface area (Å²) in [5.74, 6) is -0.114. The number of rotatable bonds is 6. The molecule has 1 aromatic heterocycles. The number of aryl methyl sites for hydroxylation is 2. The van der Waals surface area contributed by atoms with Crippen LogP contribution in [0.4, 0.5) is 5.00 Å². The zero-order valence-electron chi connectivity index (χ0n) is 16.3. The number of hydrogen-bond donors (Lipinski definition) is 1. The first-order valence-electron chi connectivity index (χ1n) is 9.46. The van der Waals surface area contributed by atoms with Gasteiger partial charge in [-0.25, -0.2) is 4.79 Å². The quantitative estimate of drug-likeness (QED) is 0.653. The second-order valence-corrected chi connectivity index (χ2v) is 8.31. The Labute approximate surface area is 174 Å². The van der Waals surface area contributed by atoms with Crippen molar-refractivity contribution in [2.75, 3.05) is 11.9 Å². The predicted octanol–water partition coefficient (Wildman–Crippen LogP) is 5.17. The molecule has 28 heavy (non-hydrogen) atoms. The van der Waals surface area contributed by atoms with Crippen LogP contribution in [-0.2, 0) is 22.4 Å². The Kier molecular flexibility index (Phi) is 6.62. The molecule has 150 valence electrons. The van der Waals surface area contributed by atoms with Crippen molar-refractivity contribution in [3.8, 4) is 5.75 Å². The van der Waals surface area contributed by atoms with Crippen molar-refractivity contribution in [3.63, 3.8) is 0 Å². The molecule has 1 atom stereocenters. The van der Waals surface area contributed by atoms with E-state index in [0.29, 0.717) is 27.9 Å². The first kappa shape index (κ1) is 20.7. The highest BCUT2D eigenvalue weighted by Crippen LogP contribution is 2.38. The van der Waals surface area contributed by atoms with Crippen LogP contribution in [0.3, 0.4) is 0 Å². The Hall–Kier alpha value is -2.05. The second kappa shape index (κ2) is 8.97. The molecule has 1 heterocycles. The van der Waals surface area contributed by atoms with Crippen LogP contribution in [0.25, 0.3) is 0 Å². The van der Waals surface area contributed by atoms with Crippen LogP contribution in [-0.4, -0.2) is 24.6 Å². The fourth-order valence-electron chi connectivity index (χ4n) is 3.23. The first-order chi connectivity index (χ1) is 13.4. The van der Waals surface area contributed by atoms with E-state index in [0.717, 1.165) is 41.7 Å². The van der Waals surface area contributed by atoms with Crippen molar-refractivity contribution in [1.82, 2.24) is 0 Å². The van der Waals surface area contributed by atoms with E-state index in [-0.39, 0.29) is 11.9 Å². The lowest BCUT2D eigenvalue weighted by atomic mass is 9.95. The lowest BCUT2D eigenvalue weighted by Gasteiger charge is -2.16. The van der Waals surface area contributed by atoms with Gasteiger partial charge in [-0.05, 0) is 75.8 Å². The van der Waals surface area contributed by atoms with Crippen molar-refractivity contribution in [2.24, 2.45) is 0 Å². The van der Waals surface area contributed by atoms with Gasteiger partial charge in [-0.2, -0.15) is 0 Å². The molecule has 3 rings (SSSR count). The Morgan fingerprint density at radius 2 is 2.04 bits per heavy atom. The number of esters is 1. The van der Waals surface area contributed by atoms with Gasteiger partial charge < -0.3 is 14.8 Å². The van der Waals surface area contributed by atoms with Crippen molar-refractivity contribution < 1.29 is 19.1 Å². The number of amides is 1. The Bertz CT molecular complexity index is 893. The number of benzene rings is 1. The van der Waals surface area contributed by atoms with Crippen LogP contribution in [0, 0.1) is 6.92 Å². The SMILES string of the molecule is CCOC(=O)c1c(NC(=O)[C@@H](C)Oc2ccc(Cl)c(C)c2)sc2c1CCCC2. The molecule has 1 amide bonds. The zero-order valence-corrected chi connectivity index (χ0v) is 17.8. The summed E-state index contributed by atoms with van der Waals surface area (Å²) in [7, 11) is 0. The minimum atomic E-state index is -0.727. The summed E-state index contributed by atoms with van der Waals surface area (Å²) in [4.78, 5) is 26.4. The maximum atomic E-state index is 12.7. The highest BCUT2D eigenvalue weighted by Gasteiger charge is 2.28. The molecule has 0 saturated carbocycles. The molecule has 1 aromatic carbocycles. The van der Waals surface area contributed by atoms with Gasteiger partial charge in [-0.1, -0.05) is 11.6 Å². The summed E-state index contributed by atoms with van der Waals surface area (Å²) in [6, 6.07) is 5.26. The molecule has 0 saturated heterocycles. The summed E-state index contributed by atoms with van der Waals surface area (Å²) in [5.41, 5.74) is 2.40. The van der Waals surface area contributed by atoms with Gasteiger partial charge in [0.1, 0.15) is 10.8 Å². The van der Waals surface area contributed by atoms with Crippen LogP contribution in [0.15, 0.2) is 18.2 Å². The van der Waals surface area contributed by atoms with Crippen LogP contribution in [0.2, 0.25) is 5.02 Å². The third-order valence-electron chi connectivity index (χ3n) is 4.70. The summed E-state index contributed by atoms with van der Waals surface area (Å²) in [6.07, 6.45) is 3.18. The maximum absolute atomic E-state index is 12.7. The molecule has 2 aromatic rings. The van der Waals surface area contributed by atoms with E-state index in [1.54, 1.807) is 32.0 Å². The van der Waals surface area contributed by atoms with Crippen LogP contribution < -0.4 is 10.1 Å². The fraction of sp³-hybridized carbons (Fsp3) is 0.429. The molecule has 7 heteroatoms. The number of anilines is 1. The van der Waals surface area contributed by atoms with E-state index >= 15 is 0 Å². The second-order valence-electron chi connectivity index (χ2n) is 6.80. The topological polar surface area (TPSA) is 64.6 Å². The van der Waals surface area contributed by atoms with E-state index in [2.05, 4.69) is 5.32 Å². The molecular weight excluding hydrogens is 398 g/mol. The number of carbonyl (C=O) groups is 2. The van der Waals surface area contributed by atoms with Gasteiger partial charge in [0.05, 0.1) is 12.2 Å². The van der Waals surface area contributed by atoms with Crippen molar-refractivity contribution in [2.45, 2.75) is 52.6 Å². The number of hydrogen-bond acceptors (Lipinski definition) is 5. The van der Waals surface area contributed by atoms with Gasteiger partial charge in [0, 0.05) is 9.90 Å². The van der Waals surface area contributed by atoms with Crippen LogP contribution in [0.5, 0.6) is 5.75 Å². The Morgan fingerprint density at radius 3 is 2.75 bits per heavy atom. The number of nitrogens with one attached hydrogen (secondary N) is 1. The summed E-state index contributed by atoms with van der Waals surface area (Å²) in [5, 5.41) is 4.08. The van der Waals surface area contributed by atoms with Crippen LogP contribution >= 0.6 is 22.9 Å². The van der Waals surface area contributed by atoms with Gasteiger partial charge in [0.2, 0.25) is 0 Å². The number of fused-ring (bicyclic) bond motifs is 1. The molecule has 5 nitrogen and oxygen atoms in total. The number of halogens is 1.